The van der Waals surface area contributed by atoms with Crippen LogP contribution in [0.25, 0.3) is 10.9 Å². The molecule has 0 fully saturated rings. The first-order chi connectivity index (χ1) is 12.6. The molecule has 4 nitrogen and oxygen atoms in total. The number of hydrogen-bond acceptors (Lipinski definition) is 3. The number of fused-ring (bicyclic) bond motifs is 1. The highest BCUT2D eigenvalue weighted by molar-refractivity contribution is 6.32. The SMILES string of the molecule is COc1cc(CNCCc2c[nH]c3ccccc23)cc(Cl)c1OC(C)C. The smallest absolute Gasteiger partial charge is 0.180 e. The summed E-state index contributed by atoms with van der Waals surface area (Å²) in [4.78, 5) is 3.32. The highest BCUT2D eigenvalue weighted by Crippen LogP contribution is 2.37. The number of ether oxygens (including phenoxy) is 2. The van der Waals surface area contributed by atoms with Crippen LogP contribution in [-0.2, 0) is 13.0 Å². The third-order valence-electron chi connectivity index (χ3n) is 4.22. The van der Waals surface area contributed by atoms with Crippen molar-refractivity contribution in [3.63, 3.8) is 0 Å². The average molecular weight is 373 g/mol. The highest BCUT2D eigenvalue weighted by atomic mass is 35.5. The quantitative estimate of drug-likeness (QED) is 0.550. The Labute approximate surface area is 159 Å². The van der Waals surface area contributed by atoms with Crippen molar-refractivity contribution in [2.75, 3.05) is 13.7 Å². The summed E-state index contributed by atoms with van der Waals surface area (Å²) < 4.78 is 11.2. The van der Waals surface area contributed by atoms with E-state index in [1.54, 1.807) is 7.11 Å². The zero-order valence-electron chi connectivity index (χ0n) is 15.4. The van der Waals surface area contributed by atoms with E-state index in [0.717, 1.165) is 25.1 Å². The number of nitrogens with one attached hydrogen (secondary N) is 2. The van der Waals surface area contributed by atoms with Gasteiger partial charge in [0.1, 0.15) is 0 Å². The molecule has 2 N–H and O–H groups in total. The monoisotopic (exact) mass is 372 g/mol. The van der Waals surface area contributed by atoms with E-state index >= 15 is 0 Å². The van der Waals surface area contributed by atoms with Gasteiger partial charge in [-0.3, -0.25) is 0 Å². The number of methoxy groups -OCH3 is 1. The molecule has 0 amide bonds. The Morgan fingerprint density at radius 3 is 2.77 bits per heavy atom. The molecule has 0 aliphatic carbocycles. The van der Waals surface area contributed by atoms with Crippen LogP contribution in [0.1, 0.15) is 25.0 Å². The van der Waals surface area contributed by atoms with Crippen molar-refractivity contribution in [3.05, 3.63) is 58.7 Å². The van der Waals surface area contributed by atoms with Gasteiger partial charge in [0.05, 0.1) is 18.2 Å². The molecule has 0 saturated heterocycles. The van der Waals surface area contributed by atoms with Gasteiger partial charge in [0.25, 0.3) is 0 Å². The second-order valence-electron chi connectivity index (χ2n) is 6.56. The standard InChI is InChI=1S/C21H25ClN2O2/c1-14(2)26-21-18(22)10-15(11-20(21)25-3)12-23-9-8-16-13-24-19-7-5-4-6-17(16)19/h4-7,10-11,13-14,23-24H,8-9,12H2,1-3H3. The lowest BCUT2D eigenvalue weighted by molar-refractivity contribution is 0.230. The Morgan fingerprint density at radius 2 is 2.00 bits per heavy atom. The molecule has 0 aliphatic heterocycles. The van der Waals surface area contributed by atoms with Gasteiger partial charge in [0.2, 0.25) is 0 Å². The topological polar surface area (TPSA) is 46.3 Å². The zero-order chi connectivity index (χ0) is 18.5. The Hall–Kier alpha value is -2.17. The highest BCUT2D eigenvalue weighted by Gasteiger charge is 2.13. The number of halogens is 1. The second kappa shape index (κ2) is 8.47. The molecular weight excluding hydrogens is 348 g/mol. The van der Waals surface area contributed by atoms with Crippen LogP contribution in [0.3, 0.4) is 0 Å². The predicted molar refractivity (Wildman–Crippen MR) is 107 cm³/mol. The first kappa shape index (κ1) is 18.6. The van der Waals surface area contributed by atoms with Crippen molar-refractivity contribution in [2.45, 2.75) is 32.9 Å². The van der Waals surface area contributed by atoms with Crippen LogP contribution in [0.4, 0.5) is 0 Å². The summed E-state index contributed by atoms with van der Waals surface area (Å²) in [6.45, 7) is 5.54. The van der Waals surface area contributed by atoms with Gasteiger partial charge in [-0.15, -0.1) is 0 Å². The number of H-pyrrole nitrogens is 1. The molecule has 5 heteroatoms. The first-order valence-electron chi connectivity index (χ1n) is 8.87. The molecule has 0 unspecified atom stereocenters. The molecule has 0 aliphatic rings. The number of aromatic nitrogens is 1. The molecule has 0 bridgehead atoms. The van der Waals surface area contributed by atoms with E-state index < -0.39 is 0 Å². The summed E-state index contributed by atoms with van der Waals surface area (Å²) in [5.41, 5.74) is 3.58. The molecule has 1 heterocycles. The molecule has 0 saturated carbocycles. The summed E-state index contributed by atoms with van der Waals surface area (Å²) >= 11 is 6.38. The summed E-state index contributed by atoms with van der Waals surface area (Å²) in [6.07, 6.45) is 3.09. The first-order valence-corrected chi connectivity index (χ1v) is 9.25. The largest absolute Gasteiger partial charge is 0.493 e. The molecule has 26 heavy (non-hydrogen) atoms. The lowest BCUT2D eigenvalue weighted by atomic mass is 10.1. The molecule has 2 aromatic carbocycles. The number of aromatic amines is 1. The van der Waals surface area contributed by atoms with E-state index in [4.69, 9.17) is 21.1 Å². The molecule has 3 aromatic rings. The minimum atomic E-state index is 0.0431. The molecule has 138 valence electrons. The minimum absolute atomic E-state index is 0.0431. The van der Waals surface area contributed by atoms with Crippen molar-refractivity contribution in [2.24, 2.45) is 0 Å². The summed E-state index contributed by atoms with van der Waals surface area (Å²) in [7, 11) is 1.63. The number of para-hydroxylation sites is 1. The third-order valence-corrected chi connectivity index (χ3v) is 4.50. The lowest BCUT2D eigenvalue weighted by Gasteiger charge is -2.16. The van der Waals surface area contributed by atoms with E-state index in [9.17, 15) is 0 Å². The molecule has 1 aromatic heterocycles. The van der Waals surface area contributed by atoms with Gasteiger partial charge in [-0.25, -0.2) is 0 Å². The van der Waals surface area contributed by atoms with Crippen LogP contribution in [0.5, 0.6) is 11.5 Å². The summed E-state index contributed by atoms with van der Waals surface area (Å²) in [6, 6.07) is 12.3. The van der Waals surface area contributed by atoms with E-state index in [1.165, 1.54) is 16.5 Å². The van der Waals surface area contributed by atoms with E-state index in [1.807, 2.05) is 32.0 Å². The Bertz CT molecular complexity index is 874. The normalized spacial score (nSPS) is 11.3. The van der Waals surface area contributed by atoms with E-state index in [0.29, 0.717) is 16.5 Å². The van der Waals surface area contributed by atoms with Crippen LogP contribution >= 0.6 is 11.6 Å². The minimum Gasteiger partial charge on any atom is -0.493 e. The van der Waals surface area contributed by atoms with Crippen LogP contribution in [0.15, 0.2) is 42.6 Å². The van der Waals surface area contributed by atoms with Crippen molar-refractivity contribution in [1.82, 2.24) is 10.3 Å². The van der Waals surface area contributed by atoms with E-state index in [2.05, 4.69) is 34.7 Å². The fraction of sp³-hybridized carbons (Fsp3) is 0.333. The van der Waals surface area contributed by atoms with Crippen molar-refractivity contribution in [1.29, 1.82) is 0 Å². The van der Waals surface area contributed by atoms with Crippen molar-refractivity contribution < 1.29 is 9.47 Å². The van der Waals surface area contributed by atoms with Gasteiger partial charge in [0, 0.05) is 23.6 Å². The maximum absolute atomic E-state index is 6.38. The Morgan fingerprint density at radius 1 is 1.19 bits per heavy atom. The van der Waals surface area contributed by atoms with Crippen LogP contribution in [0, 0.1) is 0 Å². The molecular formula is C21H25ClN2O2. The van der Waals surface area contributed by atoms with Crippen LogP contribution < -0.4 is 14.8 Å². The third kappa shape index (κ3) is 4.32. The van der Waals surface area contributed by atoms with Gasteiger partial charge in [-0.1, -0.05) is 29.8 Å². The predicted octanol–water partition coefficient (Wildman–Crippen LogP) is 4.95. The Balaban J connectivity index is 1.60. The zero-order valence-corrected chi connectivity index (χ0v) is 16.2. The van der Waals surface area contributed by atoms with Crippen molar-refractivity contribution in [3.8, 4) is 11.5 Å². The maximum Gasteiger partial charge on any atom is 0.180 e. The lowest BCUT2D eigenvalue weighted by Crippen LogP contribution is -2.17. The second-order valence-corrected chi connectivity index (χ2v) is 6.97. The van der Waals surface area contributed by atoms with Crippen LogP contribution in [0.2, 0.25) is 5.02 Å². The average Bonchev–Trinajstić information content (AvgIpc) is 3.03. The van der Waals surface area contributed by atoms with Gasteiger partial charge in [0.15, 0.2) is 11.5 Å². The van der Waals surface area contributed by atoms with E-state index in [-0.39, 0.29) is 6.10 Å². The number of hydrogen-bond donors (Lipinski definition) is 2. The number of rotatable bonds is 8. The maximum atomic E-state index is 6.38. The number of benzene rings is 2. The van der Waals surface area contributed by atoms with Gasteiger partial charge < -0.3 is 19.8 Å². The summed E-state index contributed by atoms with van der Waals surface area (Å²) in [5, 5.41) is 5.34. The summed E-state index contributed by atoms with van der Waals surface area (Å²) in [5.74, 6) is 1.27. The van der Waals surface area contributed by atoms with Crippen molar-refractivity contribution >= 4 is 22.5 Å². The molecule has 3 rings (SSSR count). The van der Waals surface area contributed by atoms with Gasteiger partial charge in [-0.05, 0) is 56.1 Å². The fourth-order valence-corrected chi connectivity index (χ4v) is 3.30. The molecule has 0 atom stereocenters. The van der Waals surface area contributed by atoms with Crippen LogP contribution in [-0.4, -0.2) is 24.7 Å². The fourth-order valence-electron chi connectivity index (χ4n) is 3.02. The molecule has 0 spiro atoms. The Kier molecular flexibility index (Phi) is 6.07. The van der Waals surface area contributed by atoms with Gasteiger partial charge >= 0.3 is 0 Å². The van der Waals surface area contributed by atoms with Gasteiger partial charge in [-0.2, -0.15) is 0 Å². The molecule has 0 radical (unpaired) electrons.